The van der Waals surface area contributed by atoms with E-state index >= 15 is 0 Å². The maximum absolute atomic E-state index is 10.7. The van der Waals surface area contributed by atoms with Crippen LogP contribution >= 0.6 is 0 Å². The molecule has 6 nitrogen and oxygen atoms in total. The van der Waals surface area contributed by atoms with Gasteiger partial charge in [0.1, 0.15) is 25.0 Å². The van der Waals surface area contributed by atoms with Crippen molar-refractivity contribution in [2.75, 3.05) is 26.2 Å². The number of non-ortho nitro benzene ring substituents is 1. The molecule has 0 bridgehead atoms. The molecule has 1 aromatic carbocycles. The third kappa shape index (κ3) is 4.47. The van der Waals surface area contributed by atoms with Gasteiger partial charge in [0, 0.05) is 6.07 Å². The van der Waals surface area contributed by atoms with E-state index in [1.54, 1.807) is 12.1 Å². The number of quaternary nitrogens is 1. The molecule has 1 unspecified atom stereocenters. The molecular weight excluding hydrogens is 260 g/mol. The van der Waals surface area contributed by atoms with E-state index in [0.717, 1.165) is 13.1 Å². The smallest absolute Gasteiger partial charge is 0.273 e. The molecule has 1 aliphatic heterocycles. The Bertz CT molecular complexity index is 447. The number of aliphatic hydroxyl groups is 1. The maximum Gasteiger partial charge on any atom is 0.273 e. The van der Waals surface area contributed by atoms with Crippen LogP contribution in [0.25, 0.3) is 0 Å². The van der Waals surface area contributed by atoms with Crippen LogP contribution in [-0.2, 0) is 0 Å². The second-order valence-electron chi connectivity index (χ2n) is 5.23. The van der Waals surface area contributed by atoms with Crippen LogP contribution in [0.15, 0.2) is 24.3 Å². The standard InChI is InChI=1S/C14H20N2O4/c17-13(10-15-7-2-1-3-8-15)11-20-14-6-4-5-12(9-14)16(18)19/h4-6,9,13,17H,1-3,7-8,10-11H2/p+1. The van der Waals surface area contributed by atoms with Crippen LogP contribution in [0.2, 0.25) is 0 Å². The van der Waals surface area contributed by atoms with Crippen molar-refractivity contribution in [2.24, 2.45) is 0 Å². The summed E-state index contributed by atoms with van der Waals surface area (Å²) in [7, 11) is 0. The average molecular weight is 281 g/mol. The van der Waals surface area contributed by atoms with Gasteiger partial charge in [0.05, 0.1) is 24.1 Å². The Hall–Kier alpha value is -1.66. The Labute approximate surface area is 118 Å². The Balaban J connectivity index is 1.78. The summed E-state index contributed by atoms with van der Waals surface area (Å²) in [6, 6.07) is 6.03. The Morgan fingerprint density at radius 3 is 2.80 bits per heavy atom. The molecule has 1 fully saturated rings. The van der Waals surface area contributed by atoms with E-state index < -0.39 is 11.0 Å². The van der Waals surface area contributed by atoms with E-state index in [-0.39, 0.29) is 12.3 Å². The van der Waals surface area contributed by atoms with Crippen LogP contribution in [0.4, 0.5) is 5.69 Å². The summed E-state index contributed by atoms with van der Waals surface area (Å²) < 4.78 is 5.43. The number of nitro benzene ring substituents is 1. The summed E-state index contributed by atoms with van der Waals surface area (Å²) in [5.74, 6) is 0.423. The SMILES string of the molecule is O=[N+]([O-])c1cccc(OCC(O)C[NH+]2CCCCC2)c1. The van der Waals surface area contributed by atoms with Gasteiger partial charge >= 0.3 is 0 Å². The average Bonchev–Trinajstić information content (AvgIpc) is 2.46. The quantitative estimate of drug-likeness (QED) is 0.584. The highest BCUT2D eigenvalue weighted by atomic mass is 16.6. The molecule has 1 saturated heterocycles. The third-order valence-corrected chi connectivity index (χ3v) is 3.56. The van der Waals surface area contributed by atoms with Crippen LogP contribution in [0.5, 0.6) is 5.75 Å². The molecule has 0 saturated carbocycles. The molecule has 0 radical (unpaired) electrons. The predicted molar refractivity (Wildman–Crippen MR) is 74.0 cm³/mol. The fourth-order valence-corrected chi connectivity index (χ4v) is 2.53. The highest BCUT2D eigenvalue weighted by Gasteiger charge is 2.18. The molecular formula is C14H21N2O4+. The van der Waals surface area contributed by atoms with Crippen LogP contribution in [0.1, 0.15) is 19.3 Å². The molecule has 2 N–H and O–H groups in total. The van der Waals surface area contributed by atoms with E-state index in [0.29, 0.717) is 12.3 Å². The minimum Gasteiger partial charge on any atom is -0.490 e. The van der Waals surface area contributed by atoms with Gasteiger partial charge in [0.25, 0.3) is 5.69 Å². The lowest BCUT2D eigenvalue weighted by Crippen LogP contribution is -3.14. The summed E-state index contributed by atoms with van der Waals surface area (Å²) in [5, 5.41) is 20.6. The van der Waals surface area contributed by atoms with Gasteiger partial charge in [-0.05, 0) is 25.3 Å². The number of ether oxygens (including phenoxy) is 1. The molecule has 0 aromatic heterocycles. The van der Waals surface area contributed by atoms with Crippen molar-refractivity contribution in [3.63, 3.8) is 0 Å². The number of nitrogens with zero attached hydrogens (tertiary/aromatic N) is 1. The van der Waals surface area contributed by atoms with Gasteiger partial charge in [0.2, 0.25) is 0 Å². The minimum absolute atomic E-state index is 0.00125. The number of rotatable bonds is 6. The molecule has 0 spiro atoms. The van der Waals surface area contributed by atoms with E-state index in [4.69, 9.17) is 4.74 Å². The summed E-state index contributed by atoms with van der Waals surface area (Å²) in [5.41, 5.74) is -0.00125. The molecule has 110 valence electrons. The number of benzene rings is 1. The predicted octanol–water partition coefficient (Wildman–Crippen LogP) is 0.403. The van der Waals surface area contributed by atoms with Crippen molar-refractivity contribution in [3.05, 3.63) is 34.4 Å². The van der Waals surface area contributed by atoms with Crippen molar-refractivity contribution in [1.82, 2.24) is 0 Å². The lowest BCUT2D eigenvalue weighted by atomic mass is 10.1. The topological polar surface area (TPSA) is 77.0 Å². The Morgan fingerprint density at radius 2 is 2.10 bits per heavy atom. The number of nitro groups is 1. The van der Waals surface area contributed by atoms with Gasteiger partial charge in [-0.15, -0.1) is 0 Å². The first kappa shape index (κ1) is 14.7. The van der Waals surface area contributed by atoms with Crippen LogP contribution < -0.4 is 9.64 Å². The number of hydrogen-bond acceptors (Lipinski definition) is 4. The Morgan fingerprint density at radius 1 is 1.35 bits per heavy atom. The first-order valence-corrected chi connectivity index (χ1v) is 7.04. The fourth-order valence-electron chi connectivity index (χ4n) is 2.53. The van der Waals surface area contributed by atoms with Crippen molar-refractivity contribution >= 4 is 5.69 Å². The molecule has 0 aliphatic carbocycles. The maximum atomic E-state index is 10.7. The van der Waals surface area contributed by atoms with E-state index in [1.165, 1.54) is 36.3 Å². The minimum atomic E-state index is -0.539. The molecule has 2 rings (SSSR count). The van der Waals surface area contributed by atoms with Gasteiger partial charge in [-0.3, -0.25) is 10.1 Å². The zero-order chi connectivity index (χ0) is 14.4. The van der Waals surface area contributed by atoms with Crippen molar-refractivity contribution < 1.29 is 19.7 Å². The number of piperidine rings is 1. The molecule has 20 heavy (non-hydrogen) atoms. The molecule has 1 aliphatic rings. The van der Waals surface area contributed by atoms with Gasteiger partial charge in [-0.2, -0.15) is 0 Å². The number of aliphatic hydroxyl groups excluding tert-OH is 1. The van der Waals surface area contributed by atoms with Gasteiger partial charge in [0.15, 0.2) is 0 Å². The number of likely N-dealkylation sites (tertiary alicyclic amines) is 1. The van der Waals surface area contributed by atoms with E-state index in [1.807, 2.05) is 0 Å². The van der Waals surface area contributed by atoms with Crippen molar-refractivity contribution in [1.29, 1.82) is 0 Å². The molecule has 0 amide bonds. The largest absolute Gasteiger partial charge is 0.490 e. The first-order chi connectivity index (χ1) is 9.65. The third-order valence-electron chi connectivity index (χ3n) is 3.56. The summed E-state index contributed by atoms with van der Waals surface area (Å²) in [6.07, 6.45) is 3.17. The zero-order valence-electron chi connectivity index (χ0n) is 11.5. The van der Waals surface area contributed by atoms with Crippen LogP contribution in [0, 0.1) is 10.1 Å². The van der Waals surface area contributed by atoms with Crippen molar-refractivity contribution in [3.8, 4) is 5.75 Å². The molecule has 1 aromatic rings. The zero-order valence-corrected chi connectivity index (χ0v) is 11.5. The Kier molecular flexibility index (Phi) is 5.31. The van der Waals surface area contributed by atoms with Crippen LogP contribution in [0.3, 0.4) is 0 Å². The van der Waals surface area contributed by atoms with E-state index in [9.17, 15) is 15.2 Å². The van der Waals surface area contributed by atoms with E-state index in [2.05, 4.69) is 0 Å². The number of hydrogen-bond donors (Lipinski definition) is 2. The lowest BCUT2D eigenvalue weighted by molar-refractivity contribution is -0.908. The highest BCUT2D eigenvalue weighted by molar-refractivity contribution is 5.37. The van der Waals surface area contributed by atoms with Gasteiger partial charge in [-0.1, -0.05) is 6.07 Å². The second-order valence-corrected chi connectivity index (χ2v) is 5.23. The van der Waals surface area contributed by atoms with Gasteiger partial charge < -0.3 is 14.7 Å². The van der Waals surface area contributed by atoms with Crippen molar-refractivity contribution in [2.45, 2.75) is 25.4 Å². The monoisotopic (exact) mass is 281 g/mol. The van der Waals surface area contributed by atoms with Gasteiger partial charge in [-0.25, -0.2) is 0 Å². The number of nitrogens with one attached hydrogen (secondary N) is 1. The second kappa shape index (κ2) is 7.21. The summed E-state index contributed by atoms with van der Waals surface area (Å²) in [6.45, 7) is 3.06. The fraction of sp³-hybridized carbons (Fsp3) is 0.571. The molecule has 1 heterocycles. The summed E-state index contributed by atoms with van der Waals surface area (Å²) in [4.78, 5) is 11.6. The lowest BCUT2D eigenvalue weighted by Gasteiger charge is -2.25. The normalized spacial score (nSPS) is 17.6. The summed E-state index contributed by atoms with van der Waals surface area (Å²) >= 11 is 0. The highest BCUT2D eigenvalue weighted by Crippen LogP contribution is 2.19. The van der Waals surface area contributed by atoms with Crippen LogP contribution in [-0.4, -0.2) is 42.4 Å². The molecule has 1 atom stereocenters. The molecule has 6 heteroatoms. The first-order valence-electron chi connectivity index (χ1n) is 7.04.